The highest BCUT2D eigenvalue weighted by atomic mass is 31.2. The van der Waals surface area contributed by atoms with E-state index in [1.165, 1.54) is 17.2 Å². The van der Waals surface area contributed by atoms with Crippen molar-refractivity contribution >= 4 is 24.8 Å². The van der Waals surface area contributed by atoms with E-state index < -0.39 is 39.0 Å². The minimum absolute atomic E-state index is 0.411. The highest BCUT2D eigenvalue weighted by Crippen LogP contribution is 2.37. The molecule has 4 atom stereocenters. The van der Waals surface area contributed by atoms with Crippen molar-refractivity contribution < 1.29 is 38.4 Å². The lowest BCUT2D eigenvalue weighted by Crippen LogP contribution is -2.47. The minimum Gasteiger partial charge on any atom is -0.387 e. The van der Waals surface area contributed by atoms with Gasteiger partial charge in [0, 0.05) is 6.54 Å². The first-order valence-corrected chi connectivity index (χ1v) is 10.6. The largest absolute Gasteiger partial charge is 0.469 e. The molecule has 30 heavy (non-hydrogen) atoms. The SMILES string of the molecule is O=P(O)(O)OC[C@H]1O[C@@H]([n+]2cnc(NCc3ccccc3)c3[nH]cnc32)[C@H](O)[C@@H]1O. The standard InChI is InChI=1S/C17H20N5O7P/c23-13-11(7-28-30(25,26)27)29-17(14(13)24)22-9-21-15(12-16(22)20-8-19-12)18-6-10-4-2-1-3-5-10/h1-5,8-9,11,13-14,17,23-24H,6-7H2,(H3,18,19,20,25,26,27)/p+1/t11-,13-,14-,17-/m1/s1. The van der Waals surface area contributed by atoms with Crippen molar-refractivity contribution in [2.75, 3.05) is 11.9 Å². The molecule has 12 nitrogen and oxygen atoms in total. The third kappa shape index (κ3) is 4.35. The Kier molecular flexibility index (Phi) is 5.80. The first-order valence-electron chi connectivity index (χ1n) is 9.06. The second-order valence-corrected chi connectivity index (χ2v) is 8.01. The fourth-order valence-electron chi connectivity index (χ4n) is 3.27. The average molecular weight is 438 g/mol. The number of ether oxygens (including phenoxy) is 1. The van der Waals surface area contributed by atoms with E-state index in [0.717, 1.165) is 5.56 Å². The molecule has 4 rings (SSSR count). The molecule has 3 heterocycles. The van der Waals surface area contributed by atoms with Crippen LogP contribution in [0.1, 0.15) is 11.8 Å². The third-order valence-electron chi connectivity index (χ3n) is 4.73. The zero-order valence-corrected chi connectivity index (χ0v) is 16.5. The lowest BCUT2D eigenvalue weighted by molar-refractivity contribution is -0.747. The highest BCUT2D eigenvalue weighted by molar-refractivity contribution is 7.46. The van der Waals surface area contributed by atoms with Crippen molar-refractivity contribution in [3.05, 3.63) is 48.5 Å². The fourth-order valence-corrected chi connectivity index (χ4v) is 3.61. The van der Waals surface area contributed by atoms with E-state index in [0.29, 0.717) is 23.5 Å². The number of imidazole rings is 1. The Morgan fingerprint density at radius 3 is 2.70 bits per heavy atom. The summed E-state index contributed by atoms with van der Waals surface area (Å²) in [6.07, 6.45) is -2.16. The molecule has 160 valence electrons. The molecule has 1 fully saturated rings. The first kappa shape index (κ1) is 20.8. The van der Waals surface area contributed by atoms with Gasteiger partial charge < -0.3 is 35.0 Å². The first-order chi connectivity index (χ1) is 14.3. The Bertz CT molecular complexity index is 1060. The molecule has 6 N–H and O–H groups in total. The summed E-state index contributed by atoms with van der Waals surface area (Å²) in [5, 5.41) is 23.8. The monoisotopic (exact) mass is 438 g/mol. The van der Waals surface area contributed by atoms with Crippen LogP contribution in [0.4, 0.5) is 5.82 Å². The van der Waals surface area contributed by atoms with Crippen LogP contribution in [0.25, 0.3) is 11.2 Å². The number of hydrogen-bond donors (Lipinski definition) is 6. The maximum absolute atomic E-state index is 10.9. The lowest BCUT2D eigenvalue weighted by Gasteiger charge is -2.14. The number of phosphoric acid groups is 1. The molecule has 2 aromatic heterocycles. The van der Waals surface area contributed by atoms with Gasteiger partial charge in [0.15, 0.2) is 11.8 Å². The van der Waals surface area contributed by atoms with E-state index in [1.807, 2.05) is 30.3 Å². The van der Waals surface area contributed by atoms with Gasteiger partial charge in [-0.25, -0.2) is 9.13 Å². The van der Waals surface area contributed by atoms with Crippen LogP contribution in [0.3, 0.4) is 0 Å². The second kappa shape index (κ2) is 8.36. The number of hydrogen-bond acceptors (Lipinski definition) is 8. The van der Waals surface area contributed by atoms with Gasteiger partial charge in [0.05, 0.1) is 6.61 Å². The maximum Gasteiger partial charge on any atom is 0.469 e. The number of fused-ring (bicyclic) bond motifs is 1. The third-order valence-corrected chi connectivity index (χ3v) is 5.22. The summed E-state index contributed by atoms with van der Waals surface area (Å²) >= 11 is 0. The Balaban J connectivity index is 1.55. The number of H-pyrrole nitrogens is 1. The highest BCUT2D eigenvalue weighted by Gasteiger charge is 2.47. The van der Waals surface area contributed by atoms with E-state index >= 15 is 0 Å². The molecule has 0 amide bonds. The summed E-state index contributed by atoms with van der Waals surface area (Å²) in [7, 11) is -4.74. The number of phosphoric ester groups is 1. The molecule has 0 unspecified atom stereocenters. The maximum atomic E-state index is 10.9. The number of anilines is 1. The Hall–Kier alpha value is -2.44. The Morgan fingerprint density at radius 2 is 1.97 bits per heavy atom. The van der Waals surface area contributed by atoms with Crippen LogP contribution in [0.5, 0.6) is 0 Å². The number of benzene rings is 1. The van der Waals surface area contributed by atoms with E-state index in [2.05, 4.69) is 24.8 Å². The molecule has 3 aromatic rings. The number of nitrogens with zero attached hydrogens (tertiary/aromatic N) is 3. The molecule has 0 bridgehead atoms. The molecule has 1 saturated heterocycles. The fraction of sp³-hybridized carbons (Fsp3) is 0.353. The molecule has 1 aliphatic rings. The Labute approximate surface area is 170 Å². The van der Waals surface area contributed by atoms with E-state index in [-0.39, 0.29) is 0 Å². The van der Waals surface area contributed by atoms with E-state index in [1.54, 1.807) is 0 Å². The second-order valence-electron chi connectivity index (χ2n) is 6.77. The lowest BCUT2D eigenvalue weighted by atomic mass is 10.1. The number of aliphatic hydroxyl groups excluding tert-OH is 2. The predicted molar refractivity (Wildman–Crippen MR) is 102 cm³/mol. The molecule has 0 radical (unpaired) electrons. The molecule has 1 aromatic carbocycles. The number of aromatic nitrogens is 4. The van der Waals surface area contributed by atoms with Gasteiger partial charge in [-0.3, -0.25) is 4.52 Å². The zero-order chi connectivity index (χ0) is 21.3. The van der Waals surface area contributed by atoms with Crippen molar-refractivity contribution in [2.45, 2.75) is 31.1 Å². The number of aliphatic hydroxyl groups is 2. The van der Waals surface area contributed by atoms with Gasteiger partial charge in [-0.05, 0) is 5.56 Å². The average Bonchev–Trinajstić information content (AvgIpc) is 3.31. The topological polar surface area (TPSA) is 174 Å². The zero-order valence-electron chi connectivity index (χ0n) is 15.6. The number of nitrogens with one attached hydrogen (secondary N) is 2. The molecule has 1 aliphatic heterocycles. The van der Waals surface area contributed by atoms with Crippen LogP contribution < -0.4 is 9.88 Å². The van der Waals surface area contributed by atoms with Crippen molar-refractivity contribution in [3.63, 3.8) is 0 Å². The predicted octanol–water partition coefficient (Wildman–Crippen LogP) is -0.414. The van der Waals surface area contributed by atoms with Gasteiger partial charge in [0.25, 0.3) is 5.65 Å². The summed E-state index contributed by atoms with van der Waals surface area (Å²) in [6, 6.07) is 9.76. The molecule has 0 saturated carbocycles. The van der Waals surface area contributed by atoms with Gasteiger partial charge in [-0.2, -0.15) is 0 Å². The quantitative estimate of drug-likeness (QED) is 0.210. The van der Waals surface area contributed by atoms with Crippen LogP contribution >= 0.6 is 7.82 Å². The number of rotatable bonds is 7. The summed E-state index contributed by atoms with van der Waals surface area (Å²) in [4.78, 5) is 29.3. The smallest absolute Gasteiger partial charge is 0.387 e. The van der Waals surface area contributed by atoms with Gasteiger partial charge in [0.2, 0.25) is 18.4 Å². The van der Waals surface area contributed by atoms with E-state index in [4.69, 9.17) is 14.5 Å². The van der Waals surface area contributed by atoms with Crippen molar-refractivity contribution in [1.82, 2.24) is 15.0 Å². The van der Waals surface area contributed by atoms with Gasteiger partial charge in [-0.1, -0.05) is 40.3 Å². The van der Waals surface area contributed by atoms with Crippen molar-refractivity contribution in [2.24, 2.45) is 0 Å². The summed E-state index contributed by atoms with van der Waals surface area (Å²) in [6.45, 7) is -0.0531. The van der Waals surface area contributed by atoms with Crippen molar-refractivity contribution in [1.29, 1.82) is 0 Å². The van der Waals surface area contributed by atoms with Crippen LogP contribution in [-0.2, 0) is 20.4 Å². The summed E-state index contributed by atoms with van der Waals surface area (Å²) < 4.78 is 22.3. The van der Waals surface area contributed by atoms with Gasteiger partial charge >= 0.3 is 7.82 Å². The summed E-state index contributed by atoms with van der Waals surface area (Å²) in [5.41, 5.74) is 2.04. The molecule has 0 spiro atoms. The van der Waals surface area contributed by atoms with Gasteiger partial charge in [0.1, 0.15) is 18.3 Å². The van der Waals surface area contributed by atoms with Crippen molar-refractivity contribution in [3.8, 4) is 0 Å². The molecular weight excluding hydrogens is 417 g/mol. The Morgan fingerprint density at radius 1 is 1.20 bits per heavy atom. The number of aromatic amines is 1. The van der Waals surface area contributed by atoms with Gasteiger partial charge in [-0.15, -0.1) is 0 Å². The molecular formula is C17H21N5O7P+. The molecule has 0 aliphatic carbocycles. The van der Waals surface area contributed by atoms with E-state index in [9.17, 15) is 14.8 Å². The minimum atomic E-state index is -4.74. The van der Waals surface area contributed by atoms with Crippen LogP contribution in [0.2, 0.25) is 0 Å². The van der Waals surface area contributed by atoms with Crippen LogP contribution in [0, 0.1) is 0 Å². The molecule has 13 heteroatoms. The summed E-state index contributed by atoms with van der Waals surface area (Å²) in [5.74, 6) is 0.539. The van der Waals surface area contributed by atoms with Crippen LogP contribution in [-0.4, -0.2) is 59.9 Å². The van der Waals surface area contributed by atoms with Crippen LogP contribution in [0.15, 0.2) is 43.0 Å². The normalized spacial score (nSPS) is 24.4.